The van der Waals surface area contributed by atoms with Gasteiger partial charge in [0, 0.05) is 25.1 Å². The Balaban J connectivity index is 1.74. The number of carbonyl (C=O) groups excluding carboxylic acids is 2. The monoisotopic (exact) mass is 560 g/mol. The molecule has 38 heavy (non-hydrogen) atoms. The van der Waals surface area contributed by atoms with Crippen molar-refractivity contribution in [2.24, 2.45) is 0 Å². The molecule has 2 aromatic carbocycles. The van der Waals surface area contributed by atoms with Gasteiger partial charge in [0.15, 0.2) is 17.7 Å². The van der Waals surface area contributed by atoms with E-state index in [2.05, 4.69) is 10.3 Å². The lowest BCUT2D eigenvalue weighted by Crippen LogP contribution is -2.40. The van der Waals surface area contributed by atoms with Crippen LogP contribution in [0.5, 0.6) is 11.5 Å². The number of aromatic nitrogens is 1. The molecule has 10 heteroatoms. The standard InChI is InChI=1S/C28H30Cl2N2O6/c1-16(32-27(34)25-26(38-18(3)33)24(36-4)12-13-31-25)28(35)37-17(2)21(20-8-6-5-7-9-20)14-19-10-11-22(29)23(30)15-19/h5-13,15-17,21,27,32,34H,14H2,1-4H3/t16-,17-,21-,27?/m0/s1. The fourth-order valence-corrected chi connectivity index (χ4v) is 4.30. The number of aliphatic hydroxyl groups is 1. The number of methoxy groups -OCH3 is 1. The van der Waals surface area contributed by atoms with Gasteiger partial charge in [-0.15, -0.1) is 0 Å². The first-order valence-corrected chi connectivity index (χ1v) is 12.7. The van der Waals surface area contributed by atoms with Crippen LogP contribution in [0, 0.1) is 0 Å². The molecular weight excluding hydrogens is 531 g/mol. The molecular formula is C28H30Cl2N2O6. The van der Waals surface area contributed by atoms with Crippen LogP contribution >= 0.6 is 23.2 Å². The van der Waals surface area contributed by atoms with Crippen LogP contribution in [0.4, 0.5) is 0 Å². The zero-order valence-electron chi connectivity index (χ0n) is 21.5. The van der Waals surface area contributed by atoms with Crippen LogP contribution in [-0.4, -0.2) is 41.3 Å². The zero-order valence-corrected chi connectivity index (χ0v) is 23.0. The smallest absolute Gasteiger partial charge is 0.323 e. The summed E-state index contributed by atoms with van der Waals surface area (Å²) in [5.74, 6) is -1.20. The fraction of sp³-hybridized carbons (Fsp3) is 0.321. The van der Waals surface area contributed by atoms with E-state index in [-0.39, 0.29) is 23.1 Å². The fourth-order valence-electron chi connectivity index (χ4n) is 3.97. The number of aliphatic hydroxyl groups excluding tert-OH is 1. The predicted molar refractivity (Wildman–Crippen MR) is 145 cm³/mol. The number of hydrogen-bond acceptors (Lipinski definition) is 8. The molecule has 0 amide bonds. The second-order valence-corrected chi connectivity index (χ2v) is 9.54. The molecule has 8 nitrogen and oxygen atoms in total. The van der Waals surface area contributed by atoms with Gasteiger partial charge in [-0.3, -0.25) is 19.9 Å². The van der Waals surface area contributed by atoms with Crippen LogP contribution in [0.15, 0.2) is 60.8 Å². The largest absolute Gasteiger partial charge is 0.493 e. The summed E-state index contributed by atoms with van der Waals surface area (Å²) in [6.45, 7) is 4.59. The molecule has 0 saturated carbocycles. The quantitative estimate of drug-likeness (QED) is 0.242. The normalized spacial score (nSPS) is 14.2. The Morgan fingerprint density at radius 1 is 1.05 bits per heavy atom. The highest BCUT2D eigenvalue weighted by molar-refractivity contribution is 6.42. The second-order valence-electron chi connectivity index (χ2n) is 8.72. The van der Waals surface area contributed by atoms with Crippen molar-refractivity contribution in [2.75, 3.05) is 7.11 Å². The Hall–Kier alpha value is -3.17. The lowest BCUT2D eigenvalue weighted by Gasteiger charge is -2.27. The van der Waals surface area contributed by atoms with Crippen LogP contribution < -0.4 is 14.8 Å². The first kappa shape index (κ1) is 29.4. The molecule has 1 unspecified atom stereocenters. The van der Waals surface area contributed by atoms with Gasteiger partial charge in [-0.05, 0) is 43.5 Å². The SMILES string of the molecule is COc1ccnc(C(O)N[C@@H](C)C(=O)O[C@@H](C)[C@H](Cc2ccc(Cl)c(Cl)c2)c2ccccc2)c1OC(C)=O. The average Bonchev–Trinajstić information content (AvgIpc) is 2.89. The van der Waals surface area contributed by atoms with Crippen LogP contribution in [0.25, 0.3) is 0 Å². The van der Waals surface area contributed by atoms with Crippen LogP contribution in [0.1, 0.15) is 49.7 Å². The summed E-state index contributed by atoms with van der Waals surface area (Å²) in [6, 6.07) is 15.7. The van der Waals surface area contributed by atoms with Crippen molar-refractivity contribution in [2.45, 2.75) is 51.5 Å². The minimum Gasteiger partial charge on any atom is -0.493 e. The number of nitrogens with one attached hydrogen (secondary N) is 1. The maximum absolute atomic E-state index is 13.0. The molecule has 0 aliphatic rings. The van der Waals surface area contributed by atoms with Crippen molar-refractivity contribution in [1.82, 2.24) is 10.3 Å². The number of pyridine rings is 1. The molecule has 3 aromatic rings. The van der Waals surface area contributed by atoms with E-state index in [1.807, 2.05) is 43.3 Å². The minimum atomic E-state index is -1.45. The minimum absolute atomic E-state index is 0.00553. The van der Waals surface area contributed by atoms with Crippen molar-refractivity contribution < 1.29 is 28.9 Å². The molecule has 1 heterocycles. The zero-order chi connectivity index (χ0) is 27.8. The summed E-state index contributed by atoms with van der Waals surface area (Å²) >= 11 is 12.3. The third-order valence-corrected chi connectivity index (χ3v) is 6.66. The highest BCUT2D eigenvalue weighted by Crippen LogP contribution is 2.33. The Labute approximate surface area is 231 Å². The van der Waals surface area contributed by atoms with Crippen molar-refractivity contribution in [1.29, 1.82) is 0 Å². The Bertz CT molecular complexity index is 1260. The molecule has 0 fully saturated rings. The topological polar surface area (TPSA) is 107 Å². The number of rotatable bonds is 11. The number of halogens is 2. The Kier molecular flexibility index (Phi) is 10.5. The number of carbonyl (C=O) groups is 2. The van der Waals surface area contributed by atoms with Crippen LogP contribution in [-0.2, 0) is 20.7 Å². The summed E-state index contributed by atoms with van der Waals surface area (Å²) in [4.78, 5) is 28.7. The van der Waals surface area contributed by atoms with Gasteiger partial charge >= 0.3 is 11.9 Å². The van der Waals surface area contributed by atoms with E-state index in [9.17, 15) is 14.7 Å². The number of nitrogens with zero attached hydrogens (tertiary/aromatic N) is 1. The first-order valence-electron chi connectivity index (χ1n) is 12.0. The van der Waals surface area contributed by atoms with Crippen molar-refractivity contribution in [3.8, 4) is 11.5 Å². The van der Waals surface area contributed by atoms with Gasteiger partial charge in [0.25, 0.3) is 0 Å². The maximum Gasteiger partial charge on any atom is 0.323 e. The van der Waals surface area contributed by atoms with E-state index in [1.165, 1.54) is 26.3 Å². The summed E-state index contributed by atoms with van der Waals surface area (Å²) in [5.41, 5.74) is 1.93. The number of ether oxygens (including phenoxy) is 3. The molecule has 0 bridgehead atoms. The van der Waals surface area contributed by atoms with Gasteiger partial charge in [0.05, 0.1) is 17.2 Å². The highest BCUT2D eigenvalue weighted by atomic mass is 35.5. The van der Waals surface area contributed by atoms with E-state index in [1.54, 1.807) is 19.1 Å². The van der Waals surface area contributed by atoms with Crippen molar-refractivity contribution in [3.63, 3.8) is 0 Å². The summed E-state index contributed by atoms with van der Waals surface area (Å²) in [5, 5.41) is 14.4. The van der Waals surface area contributed by atoms with E-state index < -0.39 is 30.3 Å². The van der Waals surface area contributed by atoms with E-state index in [0.29, 0.717) is 16.5 Å². The number of hydrogen-bond donors (Lipinski definition) is 2. The van der Waals surface area contributed by atoms with Crippen molar-refractivity contribution >= 4 is 35.1 Å². The van der Waals surface area contributed by atoms with E-state index in [0.717, 1.165) is 11.1 Å². The van der Waals surface area contributed by atoms with Gasteiger partial charge in [0.2, 0.25) is 0 Å². The summed E-state index contributed by atoms with van der Waals surface area (Å²) in [6.07, 6.45) is -0.0186. The highest BCUT2D eigenvalue weighted by Gasteiger charge is 2.28. The van der Waals surface area contributed by atoms with Crippen LogP contribution in [0.2, 0.25) is 10.0 Å². The first-order chi connectivity index (χ1) is 18.1. The van der Waals surface area contributed by atoms with Crippen molar-refractivity contribution in [3.05, 3.63) is 87.7 Å². The Morgan fingerprint density at radius 3 is 2.39 bits per heavy atom. The van der Waals surface area contributed by atoms with Gasteiger partial charge in [-0.2, -0.15) is 0 Å². The Morgan fingerprint density at radius 2 is 1.76 bits per heavy atom. The second kappa shape index (κ2) is 13.6. The molecule has 0 saturated heterocycles. The lowest BCUT2D eigenvalue weighted by molar-refractivity contribution is -0.152. The third kappa shape index (κ3) is 7.68. The predicted octanol–water partition coefficient (Wildman–Crippen LogP) is 5.25. The summed E-state index contributed by atoms with van der Waals surface area (Å²) < 4.78 is 16.2. The van der Waals surface area contributed by atoms with E-state index in [4.69, 9.17) is 37.4 Å². The number of esters is 2. The molecule has 0 radical (unpaired) electrons. The lowest BCUT2D eigenvalue weighted by atomic mass is 9.88. The molecule has 0 aliphatic carbocycles. The molecule has 1 aromatic heterocycles. The maximum atomic E-state index is 13.0. The van der Waals surface area contributed by atoms with Gasteiger partial charge < -0.3 is 19.3 Å². The molecule has 0 spiro atoms. The molecule has 202 valence electrons. The number of benzene rings is 2. The van der Waals surface area contributed by atoms with Gasteiger partial charge in [-0.1, -0.05) is 59.6 Å². The summed E-state index contributed by atoms with van der Waals surface area (Å²) in [7, 11) is 1.40. The molecule has 2 N–H and O–H groups in total. The average molecular weight is 561 g/mol. The molecule has 4 atom stereocenters. The van der Waals surface area contributed by atoms with Gasteiger partial charge in [-0.25, -0.2) is 0 Å². The van der Waals surface area contributed by atoms with E-state index >= 15 is 0 Å². The van der Waals surface area contributed by atoms with Gasteiger partial charge in [0.1, 0.15) is 17.8 Å². The molecule has 0 aliphatic heterocycles. The van der Waals surface area contributed by atoms with Crippen LogP contribution in [0.3, 0.4) is 0 Å². The molecule has 3 rings (SSSR count). The third-order valence-electron chi connectivity index (χ3n) is 5.92.